The van der Waals surface area contributed by atoms with Gasteiger partial charge in [0.15, 0.2) is 0 Å². The van der Waals surface area contributed by atoms with Crippen LogP contribution >= 0.6 is 0 Å². The predicted molar refractivity (Wildman–Crippen MR) is 56.6 cm³/mol. The van der Waals surface area contributed by atoms with E-state index in [1.807, 2.05) is 0 Å². The van der Waals surface area contributed by atoms with Gasteiger partial charge in [-0.15, -0.1) is 0 Å². The minimum atomic E-state index is -4.18. The van der Waals surface area contributed by atoms with Crippen molar-refractivity contribution in [2.75, 3.05) is 26.2 Å². The van der Waals surface area contributed by atoms with Gasteiger partial charge in [0.2, 0.25) is 0 Å². The summed E-state index contributed by atoms with van der Waals surface area (Å²) in [5.41, 5.74) is 0. The van der Waals surface area contributed by atoms with Crippen LogP contribution in [0.25, 0.3) is 0 Å². The summed E-state index contributed by atoms with van der Waals surface area (Å²) >= 11 is 0. The molecule has 0 spiro atoms. The van der Waals surface area contributed by atoms with Gasteiger partial charge in [0.1, 0.15) is 0 Å². The highest BCUT2D eigenvalue weighted by Crippen LogP contribution is 2.33. The zero-order chi connectivity index (χ0) is 12.5. The number of alkyl halides is 3. The van der Waals surface area contributed by atoms with Gasteiger partial charge in [0.25, 0.3) is 0 Å². The average molecular weight is 250 g/mol. The van der Waals surface area contributed by atoms with Crippen molar-refractivity contribution in [3.8, 4) is 0 Å². The van der Waals surface area contributed by atoms with Gasteiger partial charge in [-0.1, -0.05) is 0 Å². The number of amides is 2. The van der Waals surface area contributed by atoms with Crippen LogP contribution in [0.5, 0.6) is 0 Å². The van der Waals surface area contributed by atoms with E-state index in [-0.39, 0.29) is 19.0 Å². The molecule has 2 fully saturated rings. The Labute approximate surface area is 98.6 Å². The molecule has 2 aliphatic rings. The number of urea groups is 1. The van der Waals surface area contributed by atoms with Gasteiger partial charge in [-0.25, -0.2) is 4.79 Å². The number of carbonyl (C=O) groups is 1. The summed E-state index contributed by atoms with van der Waals surface area (Å²) in [6.45, 7) is 1.67. The van der Waals surface area contributed by atoms with Gasteiger partial charge in [-0.05, 0) is 25.7 Å². The Kier molecular flexibility index (Phi) is 3.49. The standard InChI is InChI=1S/C11H17F3N2O/c12-11(13,14)9-4-3-7-16(8-9)10(17)15-5-1-2-6-15/h9H,1-8H2. The molecule has 2 saturated heterocycles. The fourth-order valence-electron chi connectivity index (χ4n) is 2.53. The maximum Gasteiger partial charge on any atom is 0.393 e. The van der Waals surface area contributed by atoms with Crippen molar-refractivity contribution < 1.29 is 18.0 Å². The smallest absolute Gasteiger partial charge is 0.325 e. The normalized spacial score (nSPS) is 26.4. The molecular weight excluding hydrogens is 233 g/mol. The number of carbonyl (C=O) groups excluding carboxylic acids is 1. The van der Waals surface area contributed by atoms with Crippen LogP contribution in [0.15, 0.2) is 0 Å². The molecule has 3 nitrogen and oxygen atoms in total. The van der Waals surface area contributed by atoms with E-state index in [4.69, 9.17) is 0 Å². The van der Waals surface area contributed by atoms with Crippen molar-refractivity contribution in [1.82, 2.24) is 9.80 Å². The van der Waals surface area contributed by atoms with E-state index in [0.29, 0.717) is 26.1 Å². The Morgan fingerprint density at radius 3 is 2.18 bits per heavy atom. The molecule has 1 atom stereocenters. The molecule has 0 aromatic rings. The Morgan fingerprint density at radius 1 is 1.00 bits per heavy atom. The minimum absolute atomic E-state index is 0.146. The predicted octanol–water partition coefficient (Wildman–Crippen LogP) is 2.48. The second-order valence-electron chi connectivity index (χ2n) is 4.80. The lowest BCUT2D eigenvalue weighted by Gasteiger charge is -2.35. The monoisotopic (exact) mass is 250 g/mol. The molecule has 2 aliphatic heterocycles. The Hall–Kier alpha value is -0.940. The molecule has 17 heavy (non-hydrogen) atoms. The summed E-state index contributed by atoms with van der Waals surface area (Å²) in [5, 5.41) is 0. The van der Waals surface area contributed by atoms with E-state index in [1.54, 1.807) is 4.90 Å². The van der Waals surface area contributed by atoms with Gasteiger partial charge >= 0.3 is 12.2 Å². The van der Waals surface area contributed by atoms with E-state index in [9.17, 15) is 18.0 Å². The number of piperidine rings is 1. The van der Waals surface area contributed by atoms with Gasteiger partial charge in [0.05, 0.1) is 5.92 Å². The first-order valence-electron chi connectivity index (χ1n) is 6.09. The SMILES string of the molecule is O=C(N1CCCC1)N1CCCC(C(F)(F)F)C1. The van der Waals surface area contributed by atoms with E-state index in [2.05, 4.69) is 0 Å². The van der Waals surface area contributed by atoms with Gasteiger partial charge < -0.3 is 9.80 Å². The molecule has 0 saturated carbocycles. The van der Waals surface area contributed by atoms with Crippen molar-refractivity contribution in [1.29, 1.82) is 0 Å². The van der Waals surface area contributed by atoms with Crippen LogP contribution in [0.1, 0.15) is 25.7 Å². The maximum absolute atomic E-state index is 12.6. The van der Waals surface area contributed by atoms with Crippen LogP contribution in [0.3, 0.4) is 0 Å². The molecular formula is C11H17F3N2O. The Morgan fingerprint density at radius 2 is 1.59 bits per heavy atom. The summed E-state index contributed by atoms with van der Waals surface area (Å²) in [6.07, 6.45) is -1.66. The number of nitrogens with zero attached hydrogens (tertiary/aromatic N) is 2. The van der Waals surface area contributed by atoms with Crippen molar-refractivity contribution >= 4 is 6.03 Å². The topological polar surface area (TPSA) is 23.6 Å². The van der Waals surface area contributed by atoms with Crippen LogP contribution in [-0.4, -0.2) is 48.2 Å². The third-order valence-corrected chi connectivity index (χ3v) is 3.53. The maximum atomic E-state index is 12.6. The van der Waals surface area contributed by atoms with Gasteiger partial charge in [-0.3, -0.25) is 0 Å². The highest BCUT2D eigenvalue weighted by Gasteiger charge is 2.43. The molecule has 0 bridgehead atoms. The fourth-order valence-corrected chi connectivity index (χ4v) is 2.53. The van der Waals surface area contributed by atoms with Crippen molar-refractivity contribution in [3.63, 3.8) is 0 Å². The molecule has 0 aromatic heterocycles. The second kappa shape index (κ2) is 4.74. The molecule has 6 heteroatoms. The number of hydrogen-bond acceptors (Lipinski definition) is 1. The summed E-state index contributed by atoms with van der Waals surface area (Å²) in [5.74, 6) is -1.34. The molecule has 0 aliphatic carbocycles. The summed E-state index contributed by atoms with van der Waals surface area (Å²) in [6, 6.07) is -0.212. The molecule has 0 N–H and O–H groups in total. The third-order valence-electron chi connectivity index (χ3n) is 3.53. The molecule has 2 amide bonds. The van der Waals surface area contributed by atoms with Crippen LogP contribution in [0, 0.1) is 5.92 Å². The first kappa shape index (κ1) is 12.5. The number of hydrogen-bond donors (Lipinski definition) is 0. The first-order chi connectivity index (χ1) is 7.98. The zero-order valence-corrected chi connectivity index (χ0v) is 9.67. The molecule has 2 rings (SSSR count). The highest BCUT2D eigenvalue weighted by atomic mass is 19.4. The number of halogens is 3. The number of rotatable bonds is 0. The molecule has 1 unspecified atom stereocenters. The summed E-state index contributed by atoms with van der Waals surface area (Å²) < 4.78 is 37.8. The fraction of sp³-hybridized carbons (Fsp3) is 0.909. The Balaban J connectivity index is 1.94. The summed E-state index contributed by atoms with van der Waals surface area (Å²) in [7, 11) is 0. The number of likely N-dealkylation sites (tertiary alicyclic amines) is 2. The van der Waals surface area contributed by atoms with Crippen LogP contribution in [0.2, 0.25) is 0 Å². The zero-order valence-electron chi connectivity index (χ0n) is 9.67. The highest BCUT2D eigenvalue weighted by molar-refractivity contribution is 5.74. The summed E-state index contributed by atoms with van der Waals surface area (Å²) in [4.78, 5) is 15.0. The Bertz CT molecular complexity index is 287. The second-order valence-corrected chi connectivity index (χ2v) is 4.80. The van der Waals surface area contributed by atoms with Crippen LogP contribution in [0.4, 0.5) is 18.0 Å². The molecule has 0 aromatic carbocycles. The minimum Gasteiger partial charge on any atom is -0.325 e. The lowest BCUT2D eigenvalue weighted by molar-refractivity contribution is -0.184. The van der Waals surface area contributed by atoms with Crippen LogP contribution in [-0.2, 0) is 0 Å². The quantitative estimate of drug-likeness (QED) is 0.648. The van der Waals surface area contributed by atoms with E-state index >= 15 is 0 Å². The van der Waals surface area contributed by atoms with Gasteiger partial charge in [0, 0.05) is 26.2 Å². The van der Waals surface area contributed by atoms with E-state index in [1.165, 1.54) is 4.90 Å². The molecule has 2 heterocycles. The lowest BCUT2D eigenvalue weighted by Crippen LogP contribution is -2.49. The van der Waals surface area contributed by atoms with Gasteiger partial charge in [-0.2, -0.15) is 13.2 Å². The van der Waals surface area contributed by atoms with Crippen LogP contribution < -0.4 is 0 Å². The largest absolute Gasteiger partial charge is 0.393 e. The first-order valence-corrected chi connectivity index (χ1v) is 6.09. The lowest BCUT2D eigenvalue weighted by atomic mass is 9.98. The van der Waals surface area contributed by atoms with Crippen molar-refractivity contribution in [2.45, 2.75) is 31.9 Å². The van der Waals surface area contributed by atoms with E-state index < -0.39 is 12.1 Å². The van der Waals surface area contributed by atoms with E-state index in [0.717, 1.165) is 12.8 Å². The molecule has 0 radical (unpaired) electrons. The van der Waals surface area contributed by atoms with Crippen molar-refractivity contribution in [3.05, 3.63) is 0 Å². The average Bonchev–Trinajstić information content (AvgIpc) is 2.80. The molecule has 98 valence electrons. The third kappa shape index (κ3) is 2.84. The van der Waals surface area contributed by atoms with Crippen molar-refractivity contribution in [2.24, 2.45) is 5.92 Å².